The first-order valence-corrected chi connectivity index (χ1v) is 11.6. The number of allylic oxidation sites excluding steroid dienone is 6. The lowest BCUT2D eigenvalue weighted by Gasteiger charge is -2.28. The molecule has 3 unspecified atom stereocenters. The van der Waals surface area contributed by atoms with Crippen LogP contribution in [-0.4, -0.2) is 27.8 Å². The van der Waals surface area contributed by atoms with E-state index < -0.39 is 17.1 Å². The van der Waals surface area contributed by atoms with E-state index in [1.807, 2.05) is 12.1 Å². The number of carbonyl (C=O) groups is 3. The van der Waals surface area contributed by atoms with Crippen LogP contribution in [0.4, 0.5) is 4.79 Å². The molecule has 3 amide bonds. The molecule has 1 saturated heterocycles. The molecule has 5 rings (SSSR count). The standard InChI is InChI=1S/C24H20ClN3O3S/c25-18-9-7-15(8-10-18)20-12-19(17-6-5-14-3-1-2-4-16(14)11-17)27-28(20)22(29)13-21-23(30)26-24(31)32-21/h1-4,6-10,13-14,16,20H,5,11-12H2,(H,26,30,31)/b21-13-. The molecule has 0 bridgehead atoms. The zero-order valence-corrected chi connectivity index (χ0v) is 18.6. The molecule has 3 atom stereocenters. The van der Waals surface area contributed by atoms with Crippen molar-refractivity contribution in [3.8, 4) is 0 Å². The average Bonchev–Trinajstić information content (AvgIpc) is 3.37. The van der Waals surface area contributed by atoms with Crippen LogP contribution in [0.25, 0.3) is 0 Å². The maximum absolute atomic E-state index is 13.1. The van der Waals surface area contributed by atoms with E-state index in [2.05, 4.69) is 35.7 Å². The largest absolute Gasteiger partial charge is 0.290 e. The number of carbonyl (C=O) groups excluding carboxylic acids is 3. The Morgan fingerprint density at radius 3 is 2.59 bits per heavy atom. The monoisotopic (exact) mass is 465 g/mol. The highest BCUT2D eigenvalue weighted by atomic mass is 35.5. The fourth-order valence-electron chi connectivity index (χ4n) is 4.47. The first kappa shape index (κ1) is 21.0. The normalized spacial score (nSPS) is 28.0. The topological polar surface area (TPSA) is 78.8 Å². The van der Waals surface area contributed by atoms with Crippen LogP contribution in [0, 0.1) is 11.8 Å². The van der Waals surface area contributed by atoms with Gasteiger partial charge in [0.05, 0.1) is 16.7 Å². The summed E-state index contributed by atoms with van der Waals surface area (Å²) in [6.07, 6.45) is 14.5. The van der Waals surface area contributed by atoms with E-state index in [0.717, 1.165) is 41.5 Å². The fourth-order valence-corrected chi connectivity index (χ4v) is 5.25. The molecule has 2 aliphatic carbocycles. The van der Waals surface area contributed by atoms with Crippen molar-refractivity contribution in [2.75, 3.05) is 0 Å². The van der Waals surface area contributed by atoms with Gasteiger partial charge < -0.3 is 0 Å². The van der Waals surface area contributed by atoms with Gasteiger partial charge in [-0.3, -0.25) is 19.7 Å². The van der Waals surface area contributed by atoms with E-state index in [9.17, 15) is 14.4 Å². The molecular formula is C24H20ClN3O3S. The Bertz CT molecular complexity index is 1150. The first-order valence-electron chi connectivity index (χ1n) is 10.4. The molecule has 8 heteroatoms. The lowest BCUT2D eigenvalue weighted by atomic mass is 9.76. The number of fused-ring (bicyclic) bond motifs is 1. The van der Waals surface area contributed by atoms with Gasteiger partial charge in [0.1, 0.15) is 0 Å². The SMILES string of the molecule is O=C1NC(=O)/C(=C/C(=O)N2N=C(C3=CCC4C=CC=CC4C3)CC2c2ccc(Cl)cc2)S1. The number of rotatable bonds is 3. The minimum Gasteiger partial charge on any atom is -0.282 e. The molecule has 0 radical (unpaired) electrons. The number of hydrogen-bond acceptors (Lipinski definition) is 5. The number of thioether (sulfide) groups is 1. The molecule has 4 aliphatic rings. The van der Waals surface area contributed by atoms with E-state index in [0.29, 0.717) is 23.3 Å². The Labute approximate surface area is 194 Å². The molecule has 1 N–H and O–H groups in total. The molecule has 1 fully saturated rings. The third-order valence-corrected chi connectivity index (χ3v) is 7.19. The Morgan fingerprint density at radius 1 is 1.12 bits per heavy atom. The molecule has 2 heterocycles. The Morgan fingerprint density at radius 2 is 1.88 bits per heavy atom. The van der Waals surface area contributed by atoms with Crippen LogP contribution in [-0.2, 0) is 9.59 Å². The van der Waals surface area contributed by atoms with Crippen molar-refractivity contribution in [1.82, 2.24) is 10.3 Å². The van der Waals surface area contributed by atoms with Crippen molar-refractivity contribution in [2.24, 2.45) is 16.9 Å². The van der Waals surface area contributed by atoms with Gasteiger partial charge in [0.25, 0.3) is 17.1 Å². The molecular weight excluding hydrogens is 446 g/mol. The number of hydrazone groups is 1. The zero-order chi connectivity index (χ0) is 22.2. The van der Waals surface area contributed by atoms with Crippen LogP contribution in [0.15, 0.2) is 76.3 Å². The van der Waals surface area contributed by atoms with Crippen molar-refractivity contribution in [1.29, 1.82) is 0 Å². The van der Waals surface area contributed by atoms with Gasteiger partial charge >= 0.3 is 0 Å². The first-order chi connectivity index (χ1) is 15.5. The van der Waals surface area contributed by atoms with Crippen molar-refractivity contribution >= 4 is 46.1 Å². The fraction of sp³-hybridized carbons (Fsp3) is 0.250. The van der Waals surface area contributed by atoms with Crippen LogP contribution >= 0.6 is 23.4 Å². The molecule has 1 aromatic carbocycles. The van der Waals surface area contributed by atoms with Gasteiger partial charge in [-0.05, 0) is 59.7 Å². The van der Waals surface area contributed by atoms with Gasteiger partial charge in [-0.25, -0.2) is 5.01 Å². The number of amides is 3. The van der Waals surface area contributed by atoms with Crippen molar-refractivity contribution in [3.05, 3.63) is 81.8 Å². The molecule has 162 valence electrons. The van der Waals surface area contributed by atoms with Gasteiger partial charge in [-0.15, -0.1) is 0 Å². The molecule has 32 heavy (non-hydrogen) atoms. The van der Waals surface area contributed by atoms with Gasteiger partial charge in [0.15, 0.2) is 0 Å². The van der Waals surface area contributed by atoms with Gasteiger partial charge in [-0.2, -0.15) is 5.10 Å². The van der Waals surface area contributed by atoms with Crippen molar-refractivity contribution < 1.29 is 14.4 Å². The van der Waals surface area contributed by atoms with Gasteiger partial charge in [0, 0.05) is 17.5 Å². The summed E-state index contributed by atoms with van der Waals surface area (Å²) in [5, 5.41) is 8.43. The van der Waals surface area contributed by atoms with Gasteiger partial charge in [-0.1, -0.05) is 54.1 Å². The Kier molecular flexibility index (Phi) is 5.61. The maximum atomic E-state index is 13.1. The van der Waals surface area contributed by atoms with E-state index in [1.54, 1.807) is 12.1 Å². The molecule has 0 saturated carbocycles. The summed E-state index contributed by atoms with van der Waals surface area (Å²) < 4.78 is 0. The minimum absolute atomic E-state index is 0.0809. The number of nitrogens with one attached hydrogen (secondary N) is 1. The van der Waals surface area contributed by atoms with E-state index >= 15 is 0 Å². The van der Waals surface area contributed by atoms with E-state index in [1.165, 1.54) is 11.1 Å². The summed E-state index contributed by atoms with van der Waals surface area (Å²) in [4.78, 5) is 36.6. The summed E-state index contributed by atoms with van der Waals surface area (Å²) in [5.41, 5.74) is 2.96. The van der Waals surface area contributed by atoms with Crippen LogP contribution < -0.4 is 5.32 Å². The second kappa shape index (κ2) is 8.56. The molecule has 0 aromatic heterocycles. The number of halogens is 1. The second-order valence-electron chi connectivity index (χ2n) is 8.12. The number of benzene rings is 1. The third kappa shape index (κ3) is 4.10. The molecule has 2 aliphatic heterocycles. The maximum Gasteiger partial charge on any atom is 0.290 e. The summed E-state index contributed by atoms with van der Waals surface area (Å²) in [7, 11) is 0. The Hall–Kier alpha value is -2.90. The number of nitrogens with zero attached hydrogens (tertiary/aromatic N) is 2. The predicted octanol–water partition coefficient (Wildman–Crippen LogP) is 4.91. The molecule has 1 aromatic rings. The van der Waals surface area contributed by atoms with Crippen LogP contribution in [0.2, 0.25) is 5.02 Å². The highest BCUT2D eigenvalue weighted by Crippen LogP contribution is 2.39. The summed E-state index contributed by atoms with van der Waals surface area (Å²) in [6, 6.07) is 7.05. The van der Waals surface area contributed by atoms with E-state index in [-0.39, 0.29) is 10.9 Å². The minimum atomic E-state index is -0.557. The summed E-state index contributed by atoms with van der Waals surface area (Å²) in [5.74, 6) is -0.0380. The predicted molar refractivity (Wildman–Crippen MR) is 125 cm³/mol. The number of hydrogen-bond donors (Lipinski definition) is 1. The van der Waals surface area contributed by atoms with Crippen LogP contribution in [0.3, 0.4) is 0 Å². The van der Waals surface area contributed by atoms with Crippen LogP contribution in [0.1, 0.15) is 30.9 Å². The van der Waals surface area contributed by atoms with Crippen LogP contribution in [0.5, 0.6) is 0 Å². The third-order valence-electron chi connectivity index (χ3n) is 6.13. The average molecular weight is 466 g/mol. The summed E-state index contributed by atoms with van der Waals surface area (Å²) in [6.45, 7) is 0. The molecule has 6 nitrogen and oxygen atoms in total. The van der Waals surface area contributed by atoms with Crippen molar-refractivity contribution in [2.45, 2.75) is 25.3 Å². The summed E-state index contributed by atoms with van der Waals surface area (Å²) >= 11 is 6.78. The smallest absolute Gasteiger partial charge is 0.282 e. The Balaban J connectivity index is 1.45. The van der Waals surface area contributed by atoms with Gasteiger partial charge in [0.2, 0.25) is 0 Å². The lowest BCUT2D eigenvalue weighted by Crippen LogP contribution is -2.26. The number of imide groups is 1. The zero-order valence-electron chi connectivity index (χ0n) is 17.0. The molecule has 0 spiro atoms. The highest BCUT2D eigenvalue weighted by Gasteiger charge is 2.36. The van der Waals surface area contributed by atoms with E-state index in [4.69, 9.17) is 16.7 Å². The quantitative estimate of drug-likeness (QED) is 0.643. The van der Waals surface area contributed by atoms with Crippen molar-refractivity contribution in [3.63, 3.8) is 0 Å². The lowest BCUT2D eigenvalue weighted by molar-refractivity contribution is -0.128. The highest BCUT2D eigenvalue weighted by molar-refractivity contribution is 8.18. The second-order valence-corrected chi connectivity index (χ2v) is 9.57.